The monoisotopic (exact) mass is 385 g/mol. The van der Waals surface area contributed by atoms with Gasteiger partial charge in [-0.25, -0.2) is 18.0 Å². The molecule has 0 bridgehead atoms. The first-order chi connectivity index (χ1) is 12.2. The van der Waals surface area contributed by atoms with Crippen LogP contribution in [0.3, 0.4) is 0 Å². The number of primary amides is 1. The van der Waals surface area contributed by atoms with Crippen LogP contribution in [-0.4, -0.2) is 63.0 Å². The molecule has 1 aliphatic rings. The number of nitrogens with one attached hydrogen (secondary N) is 1. The van der Waals surface area contributed by atoms with Gasteiger partial charge in [-0.05, 0) is 31.2 Å². The minimum absolute atomic E-state index is 0.0375. The summed E-state index contributed by atoms with van der Waals surface area (Å²) in [5.41, 5.74) is 4.87. The molecular weight excluding hydrogens is 366 g/mol. The first-order valence-electron chi connectivity index (χ1n) is 7.71. The van der Waals surface area contributed by atoms with Gasteiger partial charge in [-0.2, -0.15) is 4.31 Å². The molecule has 26 heavy (non-hydrogen) atoms. The van der Waals surface area contributed by atoms with Crippen LogP contribution in [0.4, 0.5) is 4.79 Å². The fraction of sp³-hybridized carbons (Fsp3) is 0.400. The van der Waals surface area contributed by atoms with Gasteiger partial charge in [0, 0.05) is 13.1 Å². The van der Waals surface area contributed by atoms with Crippen LogP contribution in [0.1, 0.15) is 17.3 Å². The summed E-state index contributed by atoms with van der Waals surface area (Å²) in [7, 11) is -3.67. The van der Waals surface area contributed by atoms with Crippen molar-refractivity contribution in [3.05, 3.63) is 29.8 Å². The maximum absolute atomic E-state index is 12.5. The van der Waals surface area contributed by atoms with E-state index in [9.17, 15) is 22.8 Å². The number of imide groups is 1. The van der Waals surface area contributed by atoms with Crippen molar-refractivity contribution in [2.24, 2.45) is 5.73 Å². The molecule has 3 amide bonds. The third-order valence-corrected chi connectivity index (χ3v) is 5.51. The molecule has 1 aliphatic heterocycles. The highest BCUT2D eigenvalue weighted by Crippen LogP contribution is 2.18. The zero-order chi connectivity index (χ0) is 19.3. The molecule has 142 valence electrons. The van der Waals surface area contributed by atoms with Crippen molar-refractivity contribution in [2.75, 3.05) is 26.3 Å². The van der Waals surface area contributed by atoms with Crippen LogP contribution in [0, 0.1) is 0 Å². The predicted octanol–water partition coefficient (Wildman–Crippen LogP) is -0.552. The van der Waals surface area contributed by atoms with Crippen LogP contribution in [0.15, 0.2) is 29.2 Å². The van der Waals surface area contributed by atoms with Gasteiger partial charge in [0.15, 0.2) is 6.10 Å². The Morgan fingerprint density at radius 1 is 1.19 bits per heavy atom. The summed E-state index contributed by atoms with van der Waals surface area (Å²) in [6.07, 6.45) is -1.24. The summed E-state index contributed by atoms with van der Waals surface area (Å²) >= 11 is 0. The van der Waals surface area contributed by atoms with Crippen molar-refractivity contribution < 1.29 is 32.3 Å². The van der Waals surface area contributed by atoms with Crippen molar-refractivity contribution in [3.8, 4) is 0 Å². The average Bonchev–Trinajstić information content (AvgIpc) is 2.62. The Hall–Kier alpha value is -2.50. The van der Waals surface area contributed by atoms with Gasteiger partial charge in [0.05, 0.1) is 23.7 Å². The highest BCUT2D eigenvalue weighted by Gasteiger charge is 2.27. The first-order valence-corrected chi connectivity index (χ1v) is 9.15. The Morgan fingerprint density at radius 2 is 1.77 bits per heavy atom. The van der Waals surface area contributed by atoms with Crippen LogP contribution in [0.2, 0.25) is 0 Å². The molecule has 0 radical (unpaired) electrons. The summed E-state index contributed by atoms with van der Waals surface area (Å²) in [6, 6.07) is 4.09. The normalized spacial score (nSPS) is 16.5. The van der Waals surface area contributed by atoms with Gasteiger partial charge in [0.2, 0.25) is 10.0 Å². The molecule has 10 nitrogen and oxygen atoms in total. The number of sulfonamides is 1. The molecule has 11 heteroatoms. The molecule has 1 heterocycles. The van der Waals surface area contributed by atoms with Gasteiger partial charge < -0.3 is 15.2 Å². The number of morpholine rings is 1. The van der Waals surface area contributed by atoms with Crippen molar-refractivity contribution in [2.45, 2.75) is 17.9 Å². The van der Waals surface area contributed by atoms with Crippen LogP contribution < -0.4 is 11.1 Å². The third kappa shape index (κ3) is 4.77. The number of urea groups is 1. The Kier molecular flexibility index (Phi) is 6.29. The molecule has 1 saturated heterocycles. The smallest absolute Gasteiger partial charge is 0.338 e. The number of carbonyl (C=O) groups is 3. The van der Waals surface area contributed by atoms with E-state index in [0.717, 1.165) is 0 Å². The fourth-order valence-electron chi connectivity index (χ4n) is 2.20. The number of amides is 3. The van der Waals surface area contributed by atoms with Gasteiger partial charge in [-0.1, -0.05) is 0 Å². The van der Waals surface area contributed by atoms with E-state index in [2.05, 4.69) is 0 Å². The quantitative estimate of drug-likeness (QED) is 0.647. The third-order valence-electron chi connectivity index (χ3n) is 3.60. The number of carbonyl (C=O) groups excluding carboxylic acids is 3. The van der Waals surface area contributed by atoms with Gasteiger partial charge in [-0.15, -0.1) is 0 Å². The molecule has 1 unspecified atom stereocenters. The minimum Gasteiger partial charge on any atom is -0.449 e. The largest absolute Gasteiger partial charge is 0.449 e. The molecule has 2 rings (SSSR count). The highest BCUT2D eigenvalue weighted by molar-refractivity contribution is 7.89. The lowest BCUT2D eigenvalue weighted by atomic mass is 10.2. The second-order valence-corrected chi connectivity index (χ2v) is 7.38. The van der Waals surface area contributed by atoms with E-state index < -0.39 is 34.0 Å². The zero-order valence-electron chi connectivity index (χ0n) is 14.0. The summed E-state index contributed by atoms with van der Waals surface area (Å²) in [4.78, 5) is 34.2. The lowest BCUT2D eigenvalue weighted by molar-refractivity contribution is -0.127. The number of rotatable bonds is 5. The van der Waals surface area contributed by atoms with E-state index in [1.807, 2.05) is 0 Å². The SMILES string of the molecule is CC(OC(=O)c1ccc(S(=O)(=O)N2CCOCC2)cc1)C(=O)NC(N)=O. The second kappa shape index (κ2) is 8.25. The van der Waals surface area contributed by atoms with Gasteiger partial charge in [0.25, 0.3) is 5.91 Å². The molecule has 1 atom stereocenters. The number of nitrogens with zero attached hydrogens (tertiary/aromatic N) is 1. The highest BCUT2D eigenvalue weighted by atomic mass is 32.2. The van der Waals surface area contributed by atoms with E-state index in [4.69, 9.17) is 15.2 Å². The Labute approximate surface area is 150 Å². The predicted molar refractivity (Wildman–Crippen MR) is 88.6 cm³/mol. The van der Waals surface area contributed by atoms with E-state index >= 15 is 0 Å². The van der Waals surface area contributed by atoms with Crippen molar-refractivity contribution in [1.29, 1.82) is 0 Å². The van der Waals surface area contributed by atoms with E-state index in [1.165, 1.54) is 35.5 Å². The zero-order valence-corrected chi connectivity index (χ0v) is 14.8. The summed E-state index contributed by atoms with van der Waals surface area (Å²) in [6.45, 7) is 2.45. The summed E-state index contributed by atoms with van der Waals surface area (Å²) in [5, 5.41) is 1.79. The van der Waals surface area contributed by atoms with Crippen molar-refractivity contribution >= 4 is 27.9 Å². The number of nitrogens with two attached hydrogens (primary N) is 1. The lowest BCUT2D eigenvalue weighted by Crippen LogP contribution is -2.42. The van der Waals surface area contributed by atoms with Crippen LogP contribution in [0.25, 0.3) is 0 Å². The summed E-state index contributed by atoms with van der Waals surface area (Å²) in [5.74, 6) is -1.70. The Bertz CT molecular complexity index is 786. The topological polar surface area (TPSA) is 145 Å². The maximum atomic E-state index is 12.5. The van der Waals surface area contributed by atoms with Crippen LogP contribution in [-0.2, 0) is 24.3 Å². The fourth-order valence-corrected chi connectivity index (χ4v) is 3.61. The van der Waals surface area contributed by atoms with E-state index in [-0.39, 0.29) is 23.5 Å². The Balaban J connectivity index is 2.05. The molecule has 3 N–H and O–H groups in total. The molecule has 1 aromatic carbocycles. The lowest BCUT2D eigenvalue weighted by Gasteiger charge is -2.26. The number of hydrogen-bond donors (Lipinski definition) is 2. The van der Waals surface area contributed by atoms with Crippen LogP contribution in [0.5, 0.6) is 0 Å². The minimum atomic E-state index is -3.67. The van der Waals surface area contributed by atoms with Crippen LogP contribution >= 0.6 is 0 Å². The molecule has 0 spiro atoms. The van der Waals surface area contributed by atoms with Gasteiger partial charge in [0.1, 0.15) is 0 Å². The van der Waals surface area contributed by atoms with E-state index in [0.29, 0.717) is 13.2 Å². The second-order valence-electron chi connectivity index (χ2n) is 5.44. The molecular formula is C15H19N3O7S. The van der Waals surface area contributed by atoms with Gasteiger partial charge >= 0.3 is 12.0 Å². The summed E-state index contributed by atoms with van der Waals surface area (Å²) < 4.78 is 36.3. The standard InChI is InChI=1S/C15H19N3O7S/c1-10(13(19)17-15(16)21)25-14(20)11-2-4-12(5-3-11)26(22,23)18-6-8-24-9-7-18/h2-5,10H,6-9H2,1H3,(H3,16,17,19,21). The first kappa shape index (κ1) is 19.8. The maximum Gasteiger partial charge on any atom is 0.338 e. The number of ether oxygens (including phenoxy) is 2. The number of hydrogen-bond acceptors (Lipinski definition) is 7. The molecule has 0 saturated carbocycles. The molecule has 0 aliphatic carbocycles. The van der Waals surface area contributed by atoms with E-state index in [1.54, 1.807) is 5.32 Å². The molecule has 0 aromatic heterocycles. The number of benzene rings is 1. The molecule has 1 fully saturated rings. The van der Waals surface area contributed by atoms with Crippen molar-refractivity contribution in [3.63, 3.8) is 0 Å². The number of esters is 1. The molecule has 1 aromatic rings. The van der Waals surface area contributed by atoms with Gasteiger partial charge in [-0.3, -0.25) is 10.1 Å². The Morgan fingerprint density at radius 3 is 2.31 bits per heavy atom. The average molecular weight is 385 g/mol. The van der Waals surface area contributed by atoms with Crippen molar-refractivity contribution in [1.82, 2.24) is 9.62 Å².